The van der Waals surface area contributed by atoms with E-state index >= 15 is 0 Å². The van der Waals surface area contributed by atoms with Gasteiger partial charge in [0.1, 0.15) is 5.75 Å². The van der Waals surface area contributed by atoms with E-state index in [2.05, 4.69) is 16.9 Å². The molecule has 0 amide bonds. The molecule has 1 heterocycles. The van der Waals surface area contributed by atoms with Crippen LogP contribution in [0.2, 0.25) is 0 Å². The van der Waals surface area contributed by atoms with Gasteiger partial charge in [-0.15, -0.1) is 0 Å². The molecule has 0 fully saturated rings. The first-order valence-electron chi connectivity index (χ1n) is 15.2. The SMILES string of the molecule is CCCCCCCCc1cnc(-c2ccc(C(=O)Oc3ccc(C(=O)OC(CCCCCC)C(F)(F)F)cc3)cc2)nc1. The van der Waals surface area contributed by atoms with Crippen molar-refractivity contribution in [2.45, 2.75) is 103 Å². The number of rotatable bonds is 17. The van der Waals surface area contributed by atoms with Crippen LogP contribution in [0.25, 0.3) is 11.4 Å². The second-order valence-electron chi connectivity index (χ2n) is 10.7. The molecule has 232 valence electrons. The Morgan fingerprint density at radius 2 is 1.26 bits per heavy atom. The third kappa shape index (κ3) is 11.5. The molecule has 0 spiro atoms. The van der Waals surface area contributed by atoms with Crippen molar-refractivity contribution in [1.29, 1.82) is 0 Å². The third-order valence-corrected chi connectivity index (χ3v) is 7.14. The van der Waals surface area contributed by atoms with Gasteiger partial charge in [-0.3, -0.25) is 0 Å². The molecule has 6 nitrogen and oxygen atoms in total. The van der Waals surface area contributed by atoms with Gasteiger partial charge in [-0.1, -0.05) is 77.3 Å². The lowest BCUT2D eigenvalue weighted by Gasteiger charge is -2.20. The van der Waals surface area contributed by atoms with E-state index in [0.29, 0.717) is 24.2 Å². The summed E-state index contributed by atoms with van der Waals surface area (Å²) in [5.41, 5.74) is 2.09. The monoisotopic (exact) mass is 598 g/mol. The Kier molecular flexibility index (Phi) is 13.6. The molecule has 0 aliphatic carbocycles. The molecule has 0 N–H and O–H groups in total. The Bertz CT molecular complexity index is 1260. The zero-order chi connectivity index (χ0) is 31.1. The van der Waals surface area contributed by atoms with Gasteiger partial charge < -0.3 is 9.47 Å². The van der Waals surface area contributed by atoms with Gasteiger partial charge >= 0.3 is 18.1 Å². The van der Waals surface area contributed by atoms with E-state index in [9.17, 15) is 22.8 Å². The van der Waals surface area contributed by atoms with Crippen LogP contribution in [-0.4, -0.2) is 34.2 Å². The lowest BCUT2D eigenvalue weighted by Crippen LogP contribution is -2.33. The normalized spacial score (nSPS) is 12.1. The highest BCUT2D eigenvalue weighted by Crippen LogP contribution is 2.28. The van der Waals surface area contributed by atoms with Gasteiger partial charge in [0.25, 0.3) is 0 Å². The Balaban J connectivity index is 1.51. The van der Waals surface area contributed by atoms with Crippen molar-refractivity contribution < 1.29 is 32.2 Å². The van der Waals surface area contributed by atoms with Gasteiger partial charge in [-0.2, -0.15) is 13.2 Å². The second kappa shape index (κ2) is 17.4. The Hall–Kier alpha value is -3.75. The molecular formula is C34H41F3N2O4. The molecule has 0 saturated carbocycles. The van der Waals surface area contributed by atoms with Crippen LogP contribution in [0.5, 0.6) is 5.75 Å². The molecule has 0 saturated heterocycles. The fraction of sp³-hybridized carbons (Fsp3) is 0.471. The number of aryl methyl sites for hydroxylation is 1. The zero-order valence-corrected chi connectivity index (χ0v) is 25.0. The first kappa shape index (κ1) is 33.7. The molecule has 0 aliphatic heterocycles. The highest BCUT2D eigenvalue weighted by molar-refractivity contribution is 5.92. The minimum Gasteiger partial charge on any atom is -0.449 e. The van der Waals surface area contributed by atoms with E-state index < -0.39 is 24.2 Å². The summed E-state index contributed by atoms with van der Waals surface area (Å²) in [4.78, 5) is 33.9. The fourth-order valence-corrected chi connectivity index (χ4v) is 4.57. The first-order chi connectivity index (χ1) is 20.7. The summed E-state index contributed by atoms with van der Waals surface area (Å²) in [5, 5.41) is 0. The number of esters is 2. The van der Waals surface area contributed by atoms with Crippen molar-refractivity contribution in [2.75, 3.05) is 0 Å². The average molecular weight is 599 g/mol. The number of hydrogen-bond acceptors (Lipinski definition) is 6. The predicted molar refractivity (Wildman–Crippen MR) is 160 cm³/mol. The lowest BCUT2D eigenvalue weighted by atomic mass is 10.1. The summed E-state index contributed by atoms with van der Waals surface area (Å²) in [6.07, 6.45) is 7.62. The van der Waals surface area contributed by atoms with Gasteiger partial charge in [-0.05, 0) is 67.6 Å². The quantitative estimate of drug-likeness (QED) is 0.0875. The van der Waals surface area contributed by atoms with Crippen LogP contribution < -0.4 is 4.74 Å². The zero-order valence-electron chi connectivity index (χ0n) is 25.0. The largest absolute Gasteiger partial charge is 0.449 e. The maximum atomic E-state index is 13.4. The smallest absolute Gasteiger partial charge is 0.425 e. The molecule has 43 heavy (non-hydrogen) atoms. The Morgan fingerprint density at radius 3 is 1.86 bits per heavy atom. The number of aromatic nitrogens is 2. The number of nitrogens with zero attached hydrogens (tertiary/aromatic N) is 2. The number of halogens is 3. The summed E-state index contributed by atoms with van der Waals surface area (Å²) in [6, 6.07) is 11.9. The van der Waals surface area contributed by atoms with E-state index in [1.165, 1.54) is 56.4 Å². The topological polar surface area (TPSA) is 78.4 Å². The van der Waals surface area contributed by atoms with Crippen LogP contribution in [0.3, 0.4) is 0 Å². The van der Waals surface area contributed by atoms with Crippen LogP contribution in [0.1, 0.15) is 111 Å². The molecular weight excluding hydrogens is 557 g/mol. The molecule has 1 aromatic heterocycles. The highest BCUT2D eigenvalue weighted by Gasteiger charge is 2.42. The van der Waals surface area contributed by atoms with Crippen molar-refractivity contribution in [2.24, 2.45) is 0 Å². The molecule has 3 aromatic rings. The van der Waals surface area contributed by atoms with Gasteiger partial charge in [0, 0.05) is 18.0 Å². The minimum atomic E-state index is -4.64. The van der Waals surface area contributed by atoms with Crippen molar-refractivity contribution in [3.05, 3.63) is 77.6 Å². The highest BCUT2D eigenvalue weighted by atomic mass is 19.4. The van der Waals surface area contributed by atoms with Gasteiger partial charge in [0.2, 0.25) is 0 Å². The van der Waals surface area contributed by atoms with Gasteiger partial charge in [0.15, 0.2) is 11.9 Å². The number of ether oxygens (including phenoxy) is 2. The van der Waals surface area contributed by atoms with Gasteiger partial charge in [0.05, 0.1) is 11.1 Å². The van der Waals surface area contributed by atoms with Crippen LogP contribution in [-0.2, 0) is 11.2 Å². The number of carbonyl (C=O) groups is 2. The van der Waals surface area contributed by atoms with Crippen molar-refractivity contribution in [3.63, 3.8) is 0 Å². The van der Waals surface area contributed by atoms with E-state index in [4.69, 9.17) is 9.47 Å². The third-order valence-electron chi connectivity index (χ3n) is 7.14. The molecule has 1 unspecified atom stereocenters. The molecule has 2 aromatic carbocycles. The van der Waals surface area contributed by atoms with Crippen LogP contribution in [0, 0.1) is 0 Å². The number of hydrogen-bond donors (Lipinski definition) is 0. The minimum absolute atomic E-state index is 0.0649. The summed E-state index contributed by atoms with van der Waals surface area (Å²) >= 11 is 0. The Morgan fingerprint density at radius 1 is 0.721 bits per heavy atom. The van der Waals surface area contributed by atoms with E-state index in [-0.39, 0.29) is 17.7 Å². The van der Waals surface area contributed by atoms with Gasteiger partial charge in [-0.25, -0.2) is 19.6 Å². The van der Waals surface area contributed by atoms with Crippen LogP contribution in [0.4, 0.5) is 13.2 Å². The van der Waals surface area contributed by atoms with Crippen molar-refractivity contribution in [1.82, 2.24) is 9.97 Å². The summed E-state index contributed by atoms with van der Waals surface area (Å²) in [6.45, 7) is 4.17. The number of benzene rings is 2. The second-order valence-corrected chi connectivity index (χ2v) is 10.7. The molecule has 0 radical (unpaired) electrons. The van der Waals surface area contributed by atoms with E-state index in [0.717, 1.165) is 36.8 Å². The molecule has 0 aliphatic rings. The van der Waals surface area contributed by atoms with E-state index in [1.807, 2.05) is 19.3 Å². The predicted octanol–water partition coefficient (Wildman–Crippen LogP) is 9.32. The number of alkyl halides is 3. The molecule has 0 bridgehead atoms. The van der Waals surface area contributed by atoms with E-state index in [1.54, 1.807) is 24.3 Å². The van der Waals surface area contributed by atoms with Crippen molar-refractivity contribution >= 4 is 11.9 Å². The molecule has 1 atom stereocenters. The molecule has 9 heteroatoms. The molecule has 3 rings (SSSR count). The average Bonchev–Trinajstić information content (AvgIpc) is 3.00. The summed E-state index contributed by atoms with van der Waals surface area (Å²) in [5.74, 6) is -1.00. The van der Waals surface area contributed by atoms with Crippen LogP contribution in [0.15, 0.2) is 60.9 Å². The maximum absolute atomic E-state index is 13.4. The van der Waals surface area contributed by atoms with Crippen LogP contribution >= 0.6 is 0 Å². The Labute approximate surface area is 252 Å². The summed E-state index contributed by atoms with van der Waals surface area (Å²) in [7, 11) is 0. The van der Waals surface area contributed by atoms with Crippen molar-refractivity contribution in [3.8, 4) is 17.1 Å². The standard InChI is InChI=1S/C34H41F3N2O4/c1-3-5-7-9-10-11-13-25-23-38-31(39-24-25)26-15-17-27(18-16-26)32(40)42-29-21-19-28(20-22-29)33(41)43-30(34(35,36)37)14-12-8-6-4-2/h15-24,30H,3-14H2,1-2H3. The first-order valence-corrected chi connectivity index (χ1v) is 15.2. The number of carbonyl (C=O) groups excluding carboxylic acids is 2. The number of unbranched alkanes of at least 4 members (excludes halogenated alkanes) is 8. The fourth-order valence-electron chi connectivity index (χ4n) is 4.57. The lowest BCUT2D eigenvalue weighted by molar-refractivity contribution is -0.206. The summed E-state index contributed by atoms with van der Waals surface area (Å²) < 4.78 is 50.2. The maximum Gasteiger partial charge on any atom is 0.425 e.